The lowest BCUT2D eigenvalue weighted by Crippen LogP contribution is -2.07. The molecule has 0 aliphatic carbocycles. The second-order valence-electron chi connectivity index (χ2n) is 3.16. The Balaban J connectivity index is 1.99. The van der Waals surface area contributed by atoms with E-state index < -0.39 is 0 Å². The van der Waals surface area contributed by atoms with Crippen LogP contribution in [0, 0.1) is 0 Å². The SMILES string of the molecule is O=C(/C=C/c1cccc(O)c1)Nc1nncs1. The van der Waals surface area contributed by atoms with Gasteiger partial charge in [-0.05, 0) is 23.8 Å². The standard InChI is InChI=1S/C11H9N3O2S/c15-9-3-1-2-8(6-9)4-5-10(16)13-11-14-12-7-17-11/h1-7,15H,(H,13,14,16)/b5-4+. The summed E-state index contributed by atoms with van der Waals surface area (Å²) >= 11 is 1.25. The molecule has 17 heavy (non-hydrogen) atoms. The van der Waals surface area contributed by atoms with Crippen molar-refractivity contribution in [3.63, 3.8) is 0 Å². The van der Waals surface area contributed by atoms with Crippen LogP contribution < -0.4 is 5.32 Å². The molecule has 1 amide bonds. The van der Waals surface area contributed by atoms with Gasteiger partial charge in [0.2, 0.25) is 11.0 Å². The minimum absolute atomic E-state index is 0.164. The Morgan fingerprint density at radius 2 is 2.35 bits per heavy atom. The number of amides is 1. The molecule has 0 spiro atoms. The van der Waals surface area contributed by atoms with Crippen LogP contribution in [0.25, 0.3) is 6.08 Å². The Kier molecular flexibility index (Phi) is 3.46. The smallest absolute Gasteiger partial charge is 0.250 e. The summed E-state index contributed by atoms with van der Waals surface area (Å²) in [5, 5.41) is 19.5. The predicted molar refractivity (Wildman–Crippen MR) is 65.7 cm³/mol. The number of carbonyl (C=O) groups excluding carboxylic acids is 1. The number of nitrogens with one attached hydrogen (secondary N) is 1. The maximum absolute atomic E-state index is 11.4. The van der Waals surface area contributed by atoms with Gasteiger partial charge in [-0.3, -0.25) is 10.1 Å². The van der Waals surface area contributed by atoms with Gasteiger partial charge in [-0.15, -0.1) is 10.2 Å². The van der Waals surface area contributed by atoms with E-state index in [4.69, 9.17) is 0 Å². The molecule has 1 heterocycles. The Labute approximate surface area is 101 Å². The van der Waals surface area contributed by atoms with E-state index in [9.17, 15) is 9.90 Å². The molecule has 2 rings (SSSR count). The molecule has 0 aliphatic heterocycles. The number of anilines is 1. The number of carbonyl (C=O) groups is 1. The molecule has 2 aromatic rings. The van der Waals surface area contributed by atoms with Crippen LogP contribution in [0.3, 0.4) is 0 Å². The number of hydrogen-bond acceptors (Lipinski definition) is 5. The molecule has 0 saturated heterocycles. The highest BCUT2D eigenvalue weighted by atomic mass is 32.1. The molecule has 2 N–H and O–H groups in total. The third kappa shape index (κ3) is 3.39. The fourth-order valence-corrected chi connectivity index (χ4v) is 1.62. The summed E-state index contributed by atoms with van der Waals surface area (Å²) in [6.07, 6.45) is 2.98. The summed E-state index contributed by atoms with van der Waals surface area (Å²) in [7, 11) is 0. The fraction of sp³-hybridized carbons (Fsp3) is 0. The molecule has 0 bridgehead atoms. The van der Waals surface area contributed by atoms with Crippen LogP contribution in [0.15, 0.2) is 35.9 Å². The monoisotopic (exact) mass is 247 g/mol. The zero-order valence-electron chi connectivity index (χ0n) is 8.70. The van der Waals surface area contributed by atoms with Crippen LogP contribution in [-0.4, -0.2) is 21.2 Å². The normalized spacial score (nSPS) is 10.6. The highest BCUT2D eigenvalue weighted by Crippen LogP contribution is 2.12. The number of rotatable bonds is 3. The van der Waals surface area contributed by atoms with Crippen LogP contribution in [0.5, 0.6) is 5.75 Å². The van der Waals surface area contributed by atoms with Crippen molar-refractivity contribution in [3.05, 3.63) is 41.4 Å². The van der Waals surface area contributed by atoms with E-state index in [1.165, 1.54) is 22.9 Å². The molecule has 1 aromatic heterocycles. The third-order valence-electron chi connectivity index (χ3n) is 1.89. The molecule has 6 heteroatoms. The molecule has 0 radical (unpaired) electrons. The van der Waals surface area contributed by atoms with Crippen molar-refractivity contribution < 1.29 is 9.90 Å². The van der Waals surface area contributed by atoms with Crippen molar-refractivity contribution >= 4 is 28.5 Å². The van der Waals surface area contributed by atoms with Gasteiger partial charge in [-0.1, -0.05) is 23.5 Å². The molecule has 0 saturated carbocycles. The summed E-state index contributed by atoms with van der Waals surface area (Å²) in [6.45, 7) is 0. The number of benzene rings is 1. The van der Waals surface area contributed by atoms with Crippen LogP contribution in [0.4, 0.5) is 5.13 Å². The first-order valence-corrected chi connectivity index (χ1v) is 5.66. The van der Waals surface area contributed by atoms with Gasteiger partial charge in [0.15, 0.2) is 0 Å². The lowest BCUT2D eigenvalue weighted by Gasteiger charge is -1.96. The lowest BCUT2D eigenvalue weighted by molar-refractivity contribution is -0.111. The number of aromatic hydroxyl groups is 1. The van der Waals surface area contributed by atoms with Gasteiger partial charge < -0.3 is 5.11 Å². The van der Waals surface area contributed by atoms with E-state index in [1.54, 1.807) is 30.3 Å². The zero-order valence-corrected chi connectivity index (χ0v) is 9.52. The van der Waals surface area contributed by atoms with Gasteiger partial charge in [0.05, 0.1) is 0 Å². The molecule has 1 aromatic carbocycles. The first-order chi connectivity index (χ1) is 8.24. The average molecular weight is 247 g/mol. The van der Waals surface area contributed by atoms with Crippen LogP contribution in [0.2, 0.25) is 0 Å². The van der Waals surface area contributed by atoms with Crippen molar-refractivity contribution in [1.82, 2.24) is 10.2 Å². The third-order valence-corrected chi connectivity index (χ3v) is 2.49. The highest BCUT2D eigenvalue weighted by Gasteiger charge is 2.00. The van der Waals surface area contributed by atoms with Crippen molar-refractivity contribution in [2.75, 3.05) is 5.32 Å². The second kappa shape index (κ2) is 5.22. The highest BCUT2D eigenvalue weighted by molar-refractivity contribution is 7.13. The molecule has 0 fully saturated rings. The summed E-state index contributed by atoms with van der Waals surface area (Å²) in [5.74, 6) is -0.123. The summed E-state index contributed by atoms with van der Waals surface area (Å²) in [6, 6.07) is 6.62. The van der Waals surface area contributed by atoms with E-state index in [1.807, 2.05) is 0 Å². The first-order valence-electron chi connectivity index (χ1n) is 4.78. The molecular weight excluding hydrogens is 238 g/mol. The zero-order chi connectivity index (χ0) is 12.1. The summed E-state index contributed by atoms with van der Waals surface area (Å²) in [4.78, 5) is 11.4. The van der Waals surface area contributed by atoms with Gasteiger partial charge in [0, 0.05) is 6.08 Å². The fourth-order valence-electron chi connectivity index (χ4n) is 1.17. The topological polar surface area (TPSA) is 75.1 Å². The number of nitrogens with zero attached hydrogens (tertiary/aromatic N) is 2. The van der Waals surface area contributed by atoms with E-state index in [0.29, 0.717) is 5.13 Å². The molecule has 0 atom stereocenters. The Hall–Kier alpha value is -2.21. The minimum Gasteiger partial charge on any atom is -0.508 e. The van der Waals surface area contributed by atoms with Crippen molar-refractivity contribution in [2.45, 2.75) is 0 Å². The van der Waals surface area contributed by atoms with Gasteiger partial charge in [-0.2, -0.15) is 0 Å². The number of phenolic OH excluding ortho intramolecular Hbond substituents is 1. The number of aromatic nitrogens is 2. The second-order valence-corrected chi connectivity index (χ2v) is 3.99. The maximum Gasteiger partial charge on any atom is 0.250 e. The Morgan fingerprint density at radius 1 is 1.47 bits per heavy atom. The average Bonchev–Trinajstić information content (AvgIpc) is 2.79. The van der Waals surface area contributed by atoms with E-state index in [0.717, 1.165) is 5.56 Å². The lowest BCUT2D eigenvalue weighted by atomic mass is 10.2. The van der Waals surface area contributed by atoms with Crippen molar-refractivity contribution in [2.24, 2.45) is 0 Å². The van der Waals surface area contributed by atoms with Crippen LogP contribution in [0.1, 0.15) is 5.56 Å². The quantitative estimate of drug-likeness (QED) is 0.812. The van der Waals surface area contributed by atoms with E-state index >= 15 is 0 Å². The van der Waals surface area contributed by atoms with E-state index in [-0.39, 0.29) is 11.7 Å². The molecule has 0 unspecified atom stereocenters. The van der Waals surface area contributed by atoms with Crippen molar-refractivity contribution in [3.8, 4) is 5.75 Å². The minimum atomic E-state index is -0.287. The Morgan fingerprint density at radius 3 is 3.06 bits per heavy atom. The molecule has 86 valence electrons. The molecule has 0 aliphatic rings. The predicted octanol–water partition coefficient (Wildman–Crippen LogP) is 1.90. The summed E-state index contributed by atoms with van der Waals surface area (Å²) < 4.78 is 0. The van der Waals surface area contributed by atoms with Crippen LogP contribution >= 0.6 is 11.3 Å². The van der Waals surface area contributed by atoms with Gasteiger partial charge in [0.25, 0.3) is 0 Å². The Bertz CT molecular complexity index is 537. The van der Waals surface area contributed by atoms with Crippen molar-refractivity contribution in [1.29, 1.82) is 0 Å². The van der Waals surface area contributed by atoms with E-state index in [2.05, 4.69) is 15.5 Å². The van der Waals surface area contributed by atoms with Gasteiger partial charge >= 0.3 is 0 Å². The van der Waals surface area contributed by atoms with Gasteiger partial charge in [-0.25, -0.2) is 0 Å². The van der Waals surface area contributed by atoms with Crippen LogP contribution in [-0.2, 0) is 4.79 Å². The first kappa shape index (κ1) is 11.3. The number of phenols is 1. The largest absolute Gasteiger partial charge is 0.508 e. The maximum atomic E-state index is 11.4. The molecule has 5 nitrogen and oxygen atoms in total. The summed E-state index contributed by atoms with van der Waals surface area (Å²) in [5.41, 5.74) is 2.28. The number of hydrogen-bond donors (Lipinski definition) is 2. The van der Waals surface area contributed by atoms with Gasteiger partial charge in [0.1, 0.15) is 11.3 Å². The molecular formula is C11H9N3O2S.